The van der Waals surface area contributed by atoms with Crippen LogP contribution in [0.4, 0.5) is 4.39 Å². The van der Waals surface area contributed by atoms with E-state index in [9.17, 15) is 9.18 Å². The minimum atomic E-state index is -0.299. The second-order valence-corrected chi connectivity index (χ2v) is 7.91. The van der Waals surface area contributed by atoms with Crippen molar-refractivity contribution in [1.82, 2.24) is 9.97 Å². The van der Waals surface area contributed by atoms with Crippen LogP contribution in [-0.4, -0.2) is 15.1 Å². The van der Waals surface area contributed by atoms with Gasteiger partial charge in [0.25, 0.3) is 0 Å². The number of rotatable bonds is 5. The van der Waals surface area contributed by atoms with E-state index in [2.05, 4.69) is 9.97 Å². The van der Waals surface area contributed by atoms with Crippen LogP contribution >= 0.6 is 46.7 Å². The number of carbonyl (C=O) groups excluding carboxylic acids is 1. The maximum absolute atomic E-state index is 13.7. The van der Waals surface area contributed by atoms with Gasteiger partial charge < -0.3 is 0 Å². The largest absolute Gasteiger partial charge is 0.279 e. The highest BCUT2D eigenvalue weighted by atomic mass is 35.5. The molecule has 0 bridgehead atoms. The van der Waals surface area contributed by atoms with E-state index in [-0.39, 0.29) is 21.6 Å². The van der Waals surface area contributed by atoms with Crippen LogP contribution in [0.25, 0.3) is 0 Å². The Labute approximate surface area is 168 Å². The Hall–Kier alpha value is -1.60. The minimum absolute atomic E-state index is 0.123. The summed E-state index contributed by atoms with van der Waals surface area (Å²) in [6, 6.07) is 13.4. The van der Waals surface area contributed by atoms with Gasteiger partial charge in [0.2, 0.25) is 5.12 Å². The van der Waals surface area contributed by atoms with Crippen LogP contribution in [0, 0.1) is 5.82 Å². The lowest BCUT2D eigenvalue weighted by atomic mass is 10.2. The fourth-order valence-electron chi connectivity index (χ4n) is 1.98. The Morgan fingerprint density at radius 1 is 1.08 bits per heavy atom. The third kappa shape index (κ3) is 4.98. The molecule has 1 aromatic heterocycles. The highest BCUT2D eigenvalue weighted by molar-refractivity contribution is 8.14. The number of hydrogen-bond acceptors (Lipinski definition) is 5. The monoisotopic (exact) mass is 424 g/mol. The third-order valence-corrected chi connectivity index (χ3v) is 5.58. The van der Waals surface area contributed by atoms with E-state index in [1.54, 1.807) is 42.5 Å². The summed E-state index contributed by atoms with van der Waals surface area (Å²) in [5, 5.41) is 0.825. The Morgan fingerprint density at radius 3 is 2.54 bits per heavy atom. The number of aromatic nitrogens is 2. The minimum Gasteiger partial charge on any atom is -0.279 e. The molecule has 3 aromatic rings. The average molecular weight is 425 g/mol. The molecule has 0 aliphatic carbocycles. The third-order valence-electron chi connectivity index (χ3n) is 3.25. The molecule has 8 heteroatoms. The fraction of sp³-hybridized carbons (Fsp3) is 0.0556. The maximum Gasteiger partial charge on any atom is 0.244 e. The second-order valence-electron chi connectivity index (χ2n) is 5.07. The van der Waals surface area contributed by atoms with Crippen LogP contribution in [0.15, 0.2) is 64.8 Å². The predicted octanol–water partition coefficient (Wildman–Crippen LogP) is 6.15. The second kappa shape index (κ2) is 8.86. The molecule has 0 radical (unpaired) electrons. The molecule has 0 aliphatic rings. The van der Waals surface area contributed by atoms with Gasteiger partial charge in [0, 0.05) is 15.7 Å². The first kappa shape index (κ1) is 19.2. The zero-order valence-electron chi connectivity index (χ0n) is 13.2. The molecule has 0 spiro atoms. The summed E-state index contributed by atoms with van der Waals surface area (Å²) in [6.45, 7) is 0. The highest BCUT2D eigenvalue weighted by Gasteiger charge is 2.16. The summed E-state index contributed by atoms with van der Waals surface area (Å²) in [4.78, 5) is 21.6. The molecule has 0 fully saturated rings. The van der Waals surface area contributed by atoms with E-state index in [1.165, 1.54) is 24.0 Å². The van der Waals surface area contributed by atoms with Gasteiger partial charge >= 0.3 is 0 Å². The molecule has 0 saturated heterocycles. The standard InChI is InChI=1S/C18H11Cl2FN2OS2/c19-12-5-7-13(8-6-12)26-17(24)16-14(20)9-22-18(23-16)25-10-11-3-1-2-4-15(11)21/h1-9H,10H2. The molecule has 0 atom stereocenters. The van der Waals surface area contributed by atoms with Crippen molar-refractivity contribution < 1.29 is 9.18 Å². The summed E-state index contributed by atoms with van der Waals surface area (Å²) in [7, 11) is 0. The molecule has 0 unspecified atom stereocenters. The number of hydrogen-bond donors (Lipinski definition) is 0. The quantitative estimate of drug-likeness (QED) is 0.363. The van der Waals surface area contributed by atoms with Crippen molar-refractivity contribution in [2.75, 3.05) is 0 Å². The summed E-state index contributed by atoms with van der Waals surface area (Å²) < 4.78 is 13.7. The van der Waals surface area contributed by atoms with E-state index < -0.39 is 0 Å². The van der Waals surface area contributed by atoms with Crippen molar-refractivity contribution in [3.63, 3.8) is 0 Å². The van der Waals surface area contributed by atoms with Gasteiger partial charge in [0.1, 0.15) is 11.5 Å². The number of carbonyl (C=O) groups is 1. The Balaban J connectivity index is 1.73. The summed E-state index contributed by atoms with van der Waals surface area (Å²) in [6.07, 6.45) is 1.38. The van der Waals surface area contributed by atoms with Gasteiger partial charge in [-0.25, -0.2) is 14.4 Å². The zero-order chi connectivity index (χ0) is 18.5. The van der Waals surface area contributed by atoms with E-state index in [0.717, 1.165) is 16.7 Å². The normalized spacial score (nSPS) is 10.7. The van der Waals surface area contributed by atoms with Crippen LogP contribution in [0.1, 0.15) is 16.1 Å². The van der Waals surface area contributed by atoms with Crippen molar-refractivity contribution in [3.05, 3.63) is 81.8 Å². The summed E-state index contributed by atoms with van der Waals surface area (Å²) >= 11 is 14.2. The first-order valence-corrected chi connectivity index (χ1v) is 9.95. The maximum atomic E-state index is 13.7. The lowest BCUT2D eigenvalue weighted by molar-refractivity contribution is 0.108. The van der Waals surface area contributed by atoms with Crippen LogP contribution in [0.5, 0.6) is 0 Å². The lowest BCUT2D eigenvalue weighted by Crippen LogP contribution is -2.02. The average Bonchev–Trinajstić information content (AvgIpc) is 2.64. The molecule has 26 heavy (non-hydrogen) atoms. The van der Waals surface area contributed by atoms with Crippen molar-refractivity contribution in [2.45, 2.75) is 15.8 Å². The van der Waals surface area contributed by atoms with Gasteiger partial charge in [-0.2, -0.15) is 0 Å². The van der Waals surface area contributed by atoms with E-state index in [0.29, 0.717) is 21.5 Å². The molecule has 3 rings (SSSR count). The molecular formula is C18H11Cl2FN2OS2. The van der Waals surface area contributed by atoms with Gasteiger partial charge in [-0.3, -0.25) is 4.79 Å². The smallest absolute Gasteiger partial charge is 0.244 e. The Bertz CT molecular complexity index is 939. The van der Waals surface area contributed by atoms with Crippen molar-refractivity contribution in [3.8, 4) is 0 Å². The van der Waals surface area contributed by atoms with Crippen molar-refractivity contribution >= 4 is 51.8 Å². The molecule has 0 saturated carbocycles. The molecule has 0 amide bonds. The van der Waals surface area contributed by atoms with E-state index in [4.69, 9.17) is 23.2 Å². The number of thioether (sulfide) groups is 2. The van der Waals surface area contributed by atoms with Crippen molar-refractivity contribution in [2.24, 2.45) is 0 Å². The summed E-state index contributed by atoms with van der Waals surface area (Å²) in [5.41, 5.74) is 0.664. The number of halogens is 3. The number of benzene rings is 2. The molecule has 132 valence electrons. The molecule has 0 N–H and O–H groups in total. The highest BCUT2D eigenvalue weighted by Crippen LogP contribution is 2.28. The molecule has 2 aromatic carbocycles. The van der Waals surface area contributed by atoms with Gasteiger partial charge in [0.05, 0.1) is 11.2 Å². The first-order valence-electron chi connectivity index (χ1n) is 7.39. The molecule has 0 aliphatic heterocycles. The molecule has 1 heterocycles. The van der Waals surface area contributed by atoms with E-state index >= 15 is 0 Å². The predicted molar refractivity (Wildman–Crippen MR) is 105 cm³/mol. The van der Waals surface area contributed by atoms with Crippen LogP contribution in [0.2, 0.25) is 10.0 Å². The zero-order valence-corrected chi connectivity index (χ0v) is 16.3. The Morgan fingerprint density at radius 2 is 1.81 bits per heavy atom. The van der Waals surface area contributed by atoms with Gasteiger partial charge in [-0.1, -0.05) is 53.2 Å². The van der Waals surface area contributed by atoms with E-state index in [1.807, 2.05) is 0 Å². The van der Waals surface area contributed by atoms with Gasteiger partial charge in [-0.15, -0.1) is 0 Å². The van der Waals surface area contributed by atoms with Crippen LogP contribution in [-0.2, 0) is 5.75 Å². The molecular weight excluding hydrogens is 414 g/mol. The van der Waals surface area contributed by atoms with Gasteiger partial charge in [-0.05, 0) is 47.7 Å². The van der Waals surface area contributed by atoms with Crippen molar-refractivity contribution in [1.29, 1.82) is 0 Å². The fourth-order valence-corrected chi connectivity index (χ4v) is 3.88. The lowest BCUT2D eigenvalue weighted by Gasteiger charge is -2.06. The van der Waals surface area contributed by atoms with Gasteiger partial charge in [0.15, 0.2) is 5.16 Å². The number of nitrogens with zero attached hydrogens (tertiary/aromatic N) is 2. The molecule has 3 nitrogen and oxygen atoms in total. The Kier molecular flexibility index (Phi) is 6.53. The first-order chi connectivity index (χ1) is 12.5. The summed E-state index contributed by atoms with van der Waals surface area (Å²) in [5.74, 6) is 0.0651. The SMILES string of the molecule is O=C(Sc1ccc(Cl)cc1)c1nc(SCc2ccccc2F)ncc1Cl. The topological polar surface area (TPSA) is 42.9 Å². The van der Waals surface area contributed by atoms with Crippen LogP contribution in [0.3, 0.4) is 0 Å². The van der Waals surface area contributed by atoms with Crippen LogP contribution < -0.4 is 0 Å².